The molecule has 2 spiro atoms. The number of hydrogen-bond acceptors (Lipinski definition) is 7. The number of carbonyl (C=O) groups is 2. The molecule has 7 fully saturated rings. The van der Waals surface area contributed by atoms with E-state index in [1.54, 1.807) is 7.11 Å². The fourth-order valence-corrected chi connectivity index (χ4v) is 13.6. The molecule has 4 unspecified atom stereocenters. The first-order chi connectivity index (χ1) is 22.8. The van der Waals surface area contributed by atoms with Crippen molar-refractivity contribution < 1.29 is 33.6 Å². The van der Waals surface area contributed by atoms with Gasteiger partial charge < -0.3 is 29.0 Å². The Balaban J connectivity index is 1.04. The lowest BCUT2D eigenvalue weighted by atomic mass is 9.41. The van der Waals surface area contributed by atoms with Crippen LogP contribution in [0.25, 0.3) is 0 Å². The van der Waals surface area contributed by atoms with Crippen molar-refractivity contribution >= 4 is 11.9 Å². The molecule has 6 aliphatic carbocycles. The highest BCUT2D eigenvalue weighted by Crippen LogP contribution is 2.89. The van der Waals surface area contributed by atoms with Crippen LogP contribution in [-0.2, 0) is 28.5 Å². The Hall–Kier alpha value is -1.22. The van der Waals surface area contributed by atoms with Crippen LogP contribution in [0.2, 0.25) is 0 Å². The molecule has 1 amide bonds. The van der Waals surface area contributed by atoms with E-state index in [0.29, 0.717) is 79.4 Å². The fourth-order valence-electron chi connectivity index (χ4n) is 13.6. The Bertz CT molecular complexity index is 1240. The van der Waals surface area contributed by atoms with Crippen molar-refractivity contribution in [2.24, 2.45) is 56.7 Å². The number of nitrogens with zero attached hydrogens (tertiary/aromatic N) is 1. The van der Waals surface area contributed by atoms with Gasteiger partial charge in [0.15, 0.2) is 6.29 Å². The fraction of sp³-hybridized carbons (Fsp3) is 0.950. The quantitative estimate of drug-likeness (QED) is 0.243. The van der Waals surface area contributed by atoms with Crippen LogP contribution in [0.1, 0.15) is 125 Å². The maximum atomic E-state index is 12.9. The Labute approximate surface area is 289 Å². The number of methoxy groups -OCH3 is 2. The van der Waals surface area contributed by atoms with E-state index in [1.165, 1.54) is 58.5 Å². The second kappa shape index (κ2) is 12.5. The largest absolute Gasteiger partial charge is 0.469 e. The van der Waals surface area contributed by atoms with Crippen LogP contribution in [-0.4, -0.2) is 80.4 Å². The highest BCUT2D eigenvalue weighted by molar-refractivity contribution is 5.76. The summed E-state index contributed by atoms with van der Waals surface area (Å²) in [6.07, 6.45) is 13.9. The lowest BCUT2D eigenvalue weighted by molar-refractivity contribution is -0.248. The molecular weight excluding hydrogens is 606 g/mol. The Morgan fingerprint density at radius 1 is 0.979 bits per heavy atom. The van der Waals surface area contributed by atoms with E-state index in [1.807, 2.05) is 4.90 Å². The minimum Gasteiger partial charge on any atom is -0.469 e. The normalized spacial score (nSPS) is 45.6. The molecule has 1 aliphatic heterocycles. The number of morpholine rings is 1. The Kier molecular flexibility index (Phi) is 9.15. The summed E-state index contributed by atoms with van der Waals surface area (Å²) < 4.78 is 23.7. The van der Waals surface area contributed by atoms with Crippen LogP contribution in [0.15, 0.2) is 0 Å². The molecule has 12 atom stereocenters. The third-order valence-electron chi connectivity index (χ3n) is 16.6. The minimum absolute atomic E-state index is 0.0220. The van der Waals surface area contributed by atoms with Crippen LogP contribution < -0.4 is 0 Å². The zero-order valence-electron chi connectivity index (χ0n) is 31.1. The first kappa shape index (κ1) is 35.2. The van der Waals surface area contributed by atoms with Gasteiger partial charge in [0.2, 0.25) is 5.91 Å². The SMILES string of the molecule is COC(=O)CCC(C[C@@H](C)C1C[C@H](O)[C@@]2(C)[C@@H]3CC[C@H]4C(C)(C)[C@@H](OC5CN(C(=O)CC6CC6)CCO5)CC[C@@]45CC35CC[C@]12C)OC. The number of amides is 1. The molecular formula is C40H65NO7. The standard InChI is InChI=1S/C40H65NO7/c1-25(20-27(45-6)10-13-34(44)46-7)28-22-31(42)38(5)30-12-11-29-36(2,3)32(14-15-39(29)24-40(30,39)17-16-37(28,38)4)48-35-23-41(18-19-47-35)33(43)21-26-8-9-26/h25-32,35,42H,8-24H2,1-7H3/t25-,27?,28?,29+,30+,31+,32+,35?,37-,38-,39-,40?/m1/s1. The second-order valence-corrected chi connectivity index (χ2v) is 18.7. The number of carbonyl (C=O) groups excluding carboxylic acids is 2. The number of ether oxygens (including phenoxy) is 4. The maximum absolute atomic E-state index is 12.9. The lowest BCUT2D eigenvalue weighted by Crippen LogP contribution is -2.60. The highest BCUT2D eigenvalue weighted by atomic mass is 16.7. The van der Waals surface area contributed by atoms with Gasteiger partial charge in [0, 0.05) is 31.9 Å². The smallest absolute Gasteiger partial charge is 0.305 e. The van der Waals surface area contributed by atoms with Crippen molar-refractivity contribution in [1.82, 2.24) is 4.90 Å². The van der Waals surface area contributed by atoms with Gasteiger partial charge in [0.25, 0.3) is 0 Å². The average Bonchev–Trinajstić information content (AvgIpc) is 3.98. The topological polar surface area (TPSA) is 94.5 Å². The molecule has 0 aromatic rings. The third kappa shape index (κ3) is 5.34. The molecule has 0 aromatic heterocycles. The molecule has 8 heteroatoms. The number of rotatable bonds is 11. The van der Waals surface area contributed by atoms with Crippen molar-refractivity contribution in [3.8, 4) is 0 Å². The van der Waals surface area contributed by atoms with Crippen LogP contribution >= 0.6 is 0 Å². The molecule has 1 saturated heterocycles. The predicted octanol–water partition coefficient (Wildman–Crippen LogP) is 6.76. The lowest BCUT2D eigenvalue weighted by Gasteiger charge is -2.64. The molecule has 7 rings (SSSR count). The van der Waals surface area contributed by atoms with E-state index in [4.69, 9.17) is 18.9 Å². The number of esters is 1. The van der Waals surface area contributed by atoms with Gasteiger partial charge in [-0.15, -0.1) is 0 Å². The van der Waals surface area contributed by atoms with E-state index in [-0.39, 0.29) is 52.7 Å². The molecule has 1 heterocycles. The first-order valence-corrected chi connectivity index (χ1v) is 19.6. The van der Waals surface area contributed by atoms with Gasteiger partial charge in [-0.2, -0.15) is 0 Å². The summed E-state index contributed by atoms with van der Waals surface area (Å²) in [5, 5.41) is 12.1. The average molecular weight is 672 g/mol. The van der Waals surface area contributed by atoms with Crippen molar-refractivity contribution in [2.45, 2.75) is 149 Å². The number of fused-ring (bicyclic) bond motifs is 2. The molecule has 272 valence electrons. The monoisotopic (exact) mass is 671 g/mol. The van der Waals surface area contributed by atoms with Crippen LogP contribution in [0.3, 0.4) is 0 Å². The van der Waals surface area contributed by atoms with Gasteiger partial charge >= 0.3 is 5.97 Å². The number of aliphatic hydroxyl groups excluding tert-OH is 1. The zero-order chi connectivity index (χ0) is 34.3. The highest BCUT2D eigenvalue weighted by Gasteiger charge is 2.83. The maximum Gasteiger partial charge on any atom is 0.305 e. The summed E-state index contributed by atoms with van der Waals surface area (Å²) in [5.74, 6) is 2.68. The number of aliphatic hydroxyl groups is 1. The van der Waals surface area contributed by atoms with Gasteiger partial charge in [0.1, 0.15) is 0 Å². The van der Waals surface area contributed by atoms with E-state index in [2.05, 4.69) is 34.6 Å². The van der Waals surface area contributed by atoms with Crippen molar-refractivity contribution in [3.05, 3.63) is 0 Å². The Morgan fingerprint density at radius 3 is 2.42 bits per heavy atom. The van der Waals surface area contributed by atoms with E-state index < -0.39 is 0 Å². The van der Waals surface area contributed by atoms with Crippen molar-refractivity contribution in [2.75, 3.05) is 33.9 Å². The van der Waals surface area contributed by atoms with Gasteiger partial charge in [-0.25, -0.2) is 0 Å². The molecule has 7 aliphatic rings. The van der Waals surface area contributed by atoms with Gasteiger partial charge in [-0.1, -0.05) is 34.6 Å². The van der Waals surface area contributed by atoms with Crippen molar-refractivity contribution in [3.63, 3.8) is 0 Å². The predicted molar refractivity (Wildman–Crippen MR) is 183 cm³/mol. The van der Waals surface area contributed by atoms with Gasteiger partial charge in [-0.05, 0) is 128 Å². The molecule has 0 aromatic carbocycles. The third-order valence-corrected chi connectivity index (χ3v) is 16.6. The zero-order valence-corrected chi connectivity index (χ0v) is 31.1. The molecule has 0 bridgehead atoms. The van der Waals surface area contributed by atoms with E-state index in [0.717, 1.165) is 19.3 Å². The number of hydrogen-bond donors (Lipinski definition) is 1. The van der Waals surface area contributed by atoms with Gasteiger partial charge in [-0.3, -0.25) is 9.59 Å². The molecule has 6 saturated carbocycles. The second-order valence-electron chi connectivity index (χ2n) is 18.7. The molecule has 8 nitrogen and oxygen atoms in total. The van der Waals surface area contributed by atoms with Crippen molar-refractivity contribution in [1.29, 1.82) is 0 Å². The van der Waals surface area contributed by atoms with Gasteiger partial charge in [0.05, 0.1) is 38.6 Å². The van der Waals surface area contributed by atoms with Crippen LogP contribution in [0, 0.1) is 56.7 Å². The first-order valence-electron chi connectivity index (χ1n) is 19.6. The van der Waals surface area contributed by atoms with E-state index in [9.17, 15) is 14.7 Å². The van der Waals surface area contributed by atoms with Crippen LogP contribution in [0.4, 0.5) is 0 Å². The summed E-state index contributed by atoms with van der Waals surface area (Å²) in [6.45, 7) is 14.1. The summed E-state index contributed by atoms with van der Waals surface area (Å²) >= 11 is 0. The summed E-state index contributed by atoms with van der Waals surface area (Å²) in [6, 6.07) is 0. The summed E-state index contributed by atoms with van der Waals surface area (Å²) in [4.78, 5) is 26.7. The molecule has 1 N–H and O–H groups in total. The Morgan fingerprint density at radius 2 is 1.71 bits per heavy atom. The van der Waals surface area contributed by atoms with E-state index >= 15 is 0 Å². The summed E-state index contributed by atoms with van der Waals surface area (Å²) in [5.41, 5.74) is 0.687. The minimum atomic E-state index is -0.329. The molecule has 48 heavy (non-hydrogen) atoms. The summed E-state index contributed by atoms with van der Waals surface area (Å²) in [7, 11) is 3.21. The van der Waals surface area contributed by atoms with Crippen LogP contribution in [0.5, 0.6) is 0 Å². The molecule has 0 radical (unpaired) electrons.